The summed E-state index contributed by atoms with van der Waals surface area (Å²) in [6.07, 6.45) is 6.91. The van der Waals surface area contributed by atoms with Crippen molar-refractivity contribution < 1.29 is 4.79 Å². The quantitative estimate of drug-likeness (QED) is 0.368. The highest BCUT2D eigenvalue weighted by molar-refractivity contribution is 7.22. The molecular formula is C20H23N7OS. The van der Waals surface area contributed by atoms with Crippen molar-refractivity contribution in [3.05, 3.63) is 30.2 Å². The summed E-state index contributed by atoms with van der Waals surface area (Å²) in [4.78, 5) is 26.6. The minimum absolute atomic E-state index is 0.300. The third kappa shape index (κ3) is 3.53. The third-order valence-electron chi connectivity index (χ3n) is 4.74. The van der Waals surface area contributed by atoms with Gasteiger partial charge in [0.2, 0.25) is 0 Å². The molecule has 4 heterocycles. The molecule has 29 heavy (non-hydrogen) atoms. The van der Waals surface area contributed by atoms with Gasteiger partial charge in [-0.1, -0.05) is 0 Å². The molecule has 0 amide bonds. The lowest BCUT2D eigenvalue weighted by molar-refractivity contribution is -0.107. The highest BCUT2D eigenvalue weighted by atomic mass is 32.1. The topological polar surface area (TPSA) is 90.5 Å². The summed E-state index contributed by atoms with van der Waals surface area (Å²) in [6, 6.07) is 2.33. The first kappa shape index (κ1) is 19.3. The molecule has 8 nitrogen and oxygen atoms in total. The maximum atomic E-state index is 10.8. The van der Waals surface area contributed by atoms with Gasteiger partial charge in [0.05, 0.1) is 10.3 Å². The average molecular weight is 410 g/mol. The molecule has 9 heteroatoms. The number of aryl methyl sites for hydroxylation is 2. The van der Waals surface area contributed by atoms with E-state index in [1.54, 1.807) is 17.5 Å². The van der Waals surface area contributed by atoms with Gasteiger partial charge < -0.3 is 14.7 Å². The number of nitrogens with zero attached hydrogens (tertiary/aromatic N) is 6. The van der Waals surface area contributed by atoms with Crippen LogP contribution in [-0.4, -0.2) is 42.1 Å². The number of nitrogens with one attached hydrogen (secondary N) is 1. The number of rotatable bonds is 7. The molecule has 0 saturated carbocycles. The molecule has 4 aromatic heterocycles. The SMILES string of the molecule is Cc1c(-c2ccn(C(C)C)n2)sc2nc(-c3nccn3C)nc(NCCC=O)c12. The largest absolute Gasteiger partial charge is 0.369 e. The Hall–Kier alpha value is -3.07. The van der Waals surface area contributed by atoms with Gasteiger partial charge in [0, 0.05) is 44.6 Å². The molecule has 0 unspecified atom stereocenters. The van der Waals surface area contributed by atoms with Gasteiger partial charge in [0.15, 0.2) is 11.6 Å². The number of aromatic nitrogens is 6. The molecule has 0 aliphatic heterocycles. The molecule has 0 aromatic carbocycles. The molecule has 0 atom stereocenters. The first-order valence-electron chi connectivity index (χ1n) is 9.51. The zero-order valence-electron chi connectivity index (χ0n) is 16.9. The molecule has 1 N–H and O–H groups in total. The summed E-state index contributed by atoms with van der Waals surface area (Å²) < 4.78 is 3.84. The zero-order chi connectivity index (χ0) is 20.5. The van der Waals surface area contributed by atoms with Crippen molar-refractivity contribution in [3.63, 3.8) is 0 Å². The van der Waals surface area contributed by atoms with Crippen molar-refractivity contribution in [2.24, 2.45) is 7.05 Å². The smallest absolute Gasteiger partial charge is 0.199 e. The fourth-order valence-corrected chi connectivity index (χ4v) is 4.33. The second-order valence-electron chi connectivity index (χ2n) is 7.15. The summed E-state index contributed by atoms with van der Waals surface area (Å²) in [5, 5.41) is 8.99. The number of hydrogen-bond donors (Lipinski definition) is 1. The minimum atomic E-state index is 0.300. The van der Waals surface area contributed by atoms with E-state index in [0.717, 1.165) is 38.5 Å². The molecule has 0 radical (unpaired) electrons. The maximum absolute atomic E-state index is 10.8. The fourth-order valence-electron chi connectivity index (χ4n) is 3.19. The highest BCUT2D eigenvalue weighted by Crippen LogP contribution is 2.40. The molecule has 0 aliphatic carbocycles. The second-order valence-corrected chi connectivity index (χ2v) is 8.15. The van der Waals surface area contributed by atoms with E-state index in [1.807, 2.05) is 34.8 Å². The van der Waals surface area contributed by atoms with Crippen molar-refractivity contribution in [2.45, 2.75) is 33.2 Å². The molecular weight excluding hydrogens is 386 g/mol. The van der Waals surface area contributed by atoms with Crippen molar-refractivity contribution in [1.82, 2.24) is 29.3 Å². The monoisotopic (exact) mass is 409 g/mol. The van der Waals surface area contributed by atoms with Crippen LogP contribution in [0.25, 0.3) is 32.4 Å². The van der Waals surface area contributed by atoms with Gasteiger partial charge in [0.25, 0.3) is 0 Å². The number of fused-ring (bicyclic) bond motifs is 1. The van der Waals surface area contributed by atoms with Gasteiger partial charge in [-0.2, -0.15) is 5.10 Å². The Morgan fingerprint density at radius 3 is 2.76 bits per heavy atom. The Bertz CT molecular complexity index is 1170. The van der Waals surface area contributed by atoms with Gasteiger partial charge >= 0.3 is 0 Å². The Balaban J connectivity index is 1.87. The van der Waals surface area contributed by atoms with Crippen LogP contribution in [-0.2, 0) is 11.8 Å². The van der Waals surface area contributed by atoms with Crippen molar-refractivity contribution in [3.8, 4) is 22.2 Å². The number of hydrogen-bond acceptors (Lipinski definition) is 7. The van der Waals surface area contributed by atoms with E-state index in [4.69, 9.17) is 15.1 Å². The lowest BCUT2D eigenvalue weighted by Gasteiger charge is -2.08. The molecule has 0 spiro atoms. The number of thiophene rings is 1. The molecule has 4 aromatic rings. The van der Waals surface area contributed by atoms with Crippen LogP contribution in [0, 0.1) is 6.92 Å². The second kappa shape index (κ2) is 7.75. The van der Waals surface area contributed by atoms with Crippen LogP contribution >= 0.6 is 11.3 Å². The van der Waals surface area contributed by atoms with E-state index in [1.165, 1.54) is 0 Å². The van der Waals surface area contributed by atoms with E-state index in [0.29, 0.717) is 30.7 Å². The number of anilines is 1. The maximum Gasteiger partial charge on any atom is 0.199 e. The molecule has 0 fully saturated rings. The van der Waals surface area contributed by atoms with Gasteiger partial charge in [-0.15, -0.1) is 11.3 Å². The Kier molecular flexibility index (Phi) is 5.14. The predicted octanol–water partition coefficient (Wildman–Crippen LogP) is 3.85. The van der Waals surface area contributed by atoms with E-state index in [2.05, 4.69) is 31.1 Å². The molecule has 0 bridgehead atoms. The molecule has 0 aliphatic rings. The van der Waals surface area contributed by atoms with E-state index in [9.17, 15) is 4.79 Å². The number of carbonyl (C=O) groups excluding carboxylic acids is 1. The molecule has 0 saturated heterocycles. The van der Waals surface area contributed by atoms with E-state index < -0.39 is 0 Å². The first-order valence-corrected chi connectivity index (χ1v) is 10.3. The fraction of sp³-hybridized carbons (Fsp3) is 0.350. The number of aldehydes is 1. The minimum Gasteiger partial charge on any atom is -0.369 e. The van der Waals surface area contributed by atoms with Crippen molar-refractivity contribution >= 4 is 33.7 Å². The summed E-state index contributed by atoms with van der Waals surface area (Å²) >= 11 is 1.60. The van der Waals surface area contributed by atoms with Gasteiger partial charge in [-0.3, -0.25) is 4.68 Å². The Labute approximate surface area is 172 Å². The predicted molar refractivity (Wildman–Crippen MR) is 115 cm³/mol. The standard InChI is InChI=1S/C20H23N7OS/c1-12(2)27-9-6-14(25-27)16-13(3)15-17(21-7-5-11-28)23-18(24-20(15)29-16)19-22-8-10-26(19)4/h6,8-12H,5,7H2,1-4H3,(H,21,23,24). The van der Waals surface area contributed by atoms with E-state index >= 15 is 0 Å². The summed E-state index contributed by atoms with van der Waals surface area (Å²) in [5.74, 6) is 1.97. The number of imidazole rings is 1. The Morgan fingerprint density at radius 2 is 2.10 bits per heavy atom. The lowest BCUT2D eigenvalue weighted by atomic mass is 10.1. The van der Waals surface area contributed by atoms with Crippen LogP contribution in [0.15, 0.2) is 24.7 Å². The van der Waals surface area contributed by atoms with Crippen molar-refractivity contribution in [1.29, 1.82) is 0 Å². The van der Waals surface area contributed by atoms with Crippen LogP contribution in [0.5, 0.6) is 0 Å². The zero-order valence-corrected chi connectivity index (χ0v) is 17.7. The van der Waals surface area contributed by atoms with Crippen molar-refractivity contribution in [2.75, 3.05) is 11.9 Å². The lowest BCUT2D eigenvalue weighted by Crippen LogP contribution is -2.07. The van der Waals surface area contributed by atoms with Gasteiger partial charge in [-0.25, -0.2) is 15.0 Å². The van der Waals surface area contributed by atoms with Gasteiger partial charge in [0.1, 0.15) is 22.6 Å². The molecule has 4 rings (SSSR count). The number of carbonyl (C=O) groups is 1. The third-order valence-corrected chi connectivity index (χ3v) is 5.94. The summed E-state index contributed by atoms with van der Waals surface area (Å²) in [7, 11) is 1.92. The average Bonchev–Trinajstić information content (AvgIpc) is 3.40. The van der Waals surface area contributed by atoms with Crippen LogP contribution in [0.3, 0.4) is 0 Å². The normalized spacial score (nSPS) is 11.5. The van der Waals surface area contributed by atoms with Crippen LogP contribution < -0.4 is 5.32 Å². The first-order chi connectivity index (χ1) is 14.0. The van der Waals surface area contributed by atoms with E-state index in [-0.39, 0.29) is 0 Å². The highest BCUT2D eigenvalue weighted by Gasteiger charge is 2.20. The van der Waals surface area contributed by atoms with Crippen LogP contribution in [0.4, 0.5) is 5.82 Å². The molecule has 150 valence electrons. The van der Waals surface area contributed by atoms with Crippen LogP contribution in [0.1, 0.15) is 31.9 Å². The van der Waals surface area contributed by atoms with Gasteiger partial charge in [-0.05, 0) is 32.4 Å². The Morgan fingerprint density at radius 1 is 1.28 bits per heavy atom. The summed E-state index contributed by atoms with van der Waals surface area (Å²) in [6.45, 7) is 6.79. The summed E-state index contributed by atoms with van der Waals surface area (Å²) in [5.41, 5.74) is 2.01. The van der Waals surface area contributed by atoms with Crippen LogP contribution in [0.2, 0.25) is 0 Å².